The summed E-state index contributed by atoms with van der Waals surface area (Å²) in [7, 11) is 0. The van der Waals surface area contributed by atoms with Crippen molar-refractivity contribution in [3.05, 3.63) is 29.3 Å². The minimum Gasteiger partial charge on any atom is -0.493 e. The Morgan fingerprint density at radius 3 is 2.77 bits per heavy atom. The Bertz CT molecular complexity index is 648. The molecular weight excluding hydrogens is 352 g/mol. The molecule has 0 atom stereocenters. The lowest BCUT2D eigenvalue weighted by atomic mass is 10.1. The van der Waals surface area contributed by atoms with Gasteiger partial charge in [0, 0.05) is 32.9 Å². The highest BCUT2D eigenvalue weighted by atomic mass is 32.2. The maximum absolute atomic E-state index is 11.9. The van der Waals surface area contributed by atoms with Gasteiger partial charge in [0.2, 0.25) is 11.8 Å². The van der Waals surface area contributed by atoms with E-state index in [4.69, 9.17) is 4.74 Å². The molecule has 1 heterocycles. The molecule has 6 nitrogen and oxygen atoms in total. The Kier molecular flexibility index (Phi) is 8.47. The van der Waals surface area contributed by atoms with E-state index in [1.165, 1.54) is 12.5 Å². The first-order chi connectivity index (χ1) is 12.5. The van der Waals surface area contributed by atoms with Crippen LogP contribution in [0.2, 0.25) is 0 Å². The van der Waals surface area contributed by atoms with Crippen molar-refractivity contribution in [3.63, 3.8) is 0 Å². The average Bonchev–Trinajstić information content (AvgIpc) is 3.08. The lowest BCUT2D eigenvalue weighted by Gasteiger charge is -2.07. The Balaban J connectivity index is 1.50. The Labute approximate surface area is 158 Å². The van der Waals surface area contributed by atoms with E-state index in [-0.39, 0.29) is 22.7 Å². The number of unbranched alkanes of at least 4 members (excludes halogenated alkanes) is 2. The minimum atomic E-state index is -0.123. The van der Waals surface area contributed by atoms with Crippen LogP contribution in [0.3, 0.4) is 0 Å². The second-order valence-corrected chi connectivity index (χ2v) is 7.41. The van der Waals surface area contributed by atoms with Gasteiger partial charge in [-0.2, -0.15) is 0 Å². The van der Waals surface area contributed by atoms with Gasteiger partial charge in [0.25, 0.3) is 0 Å². The van der Waals surface area contributed by atoms with Crippen molar-refractivity contribution < 1.29 is 19.1 Å². The van der Waals surface area contributed by atoms with Gasteiger partial charge in [-0.15, -0.1) is 0 Å². The average molecular weight is 378 g/mol. The maximum atomic E-state index is 11.9. The molecule has 142 valence electrons. The van der Waals surface area contributed by atoms with Gasteiger partial charge in [0.15, 0.2) is 5.12 Å². The predicted molar refractivity (Wildman–Crippen MR) is 102 cm³/mol. The molecule has 0 saturated heterocycles. The topological polar surface area (TPSA) is 84.5 Å². The van der Waals surface area contributed by atoms with Crippen LogP contribution in [0.4, 0.5) is 0 Å². The van der Waals surface area contributed by atoms with Crippen molar-refractivity contribution in [1.29, 1.82) is 0 Å². The number of thioether (sulfide) groups is 1. The third-order valence-corrected chi connectivity index (χ3v) is 4.87. The highest BCUT2D eigenvalue weighted by Crippen LogP contribution is 2.25. The number of amides is 2. The predicted octanol–water partition coefficient (Wildman–Crippen LogP) is 2.19. The van der Waals surface area contributed by atoms with Gasteiger partial charge < -0.3 is 15.4 Å². The van der Waals surface area contributed by atoms with Gasteiger partial charge in [0.05, 0.1) is 12.4 Å². The van der Waals surface area contributed by atoms with E-state index >= 15 is 0 Å². The van der Waals surface area contributed by atoms with Crippen LogP contribution in [0.15, 0.2) is 18.2 Å². The van der Waals surface area contributed by atoms with Gasteiger partial charge in [-0.05, 0) is 30.0 Å². The fourth-order valence-corrected chi connectivity index (χ4v) is 3.11. The summed E-state index contributed by atoms with van der Waals surface area (Å²) in [5.41, 5.74) is 2.30. The Morgan fingerprint density at radius 1 is 1.12 bits per heavy atom. The zero-order valence-corrected chi connectivity index (χ0v) is 16.0. The van der Waals surface area contributed by atoms with E-state index in [0.29, 0.717) is 19.5 Å². The van der Waals surface area contributed by atoms with E-state index in [1.54, 1.807) is 0 Å². The summed E-state index contributed by atoms with van der Waals surface area (Å²) in [6, 6.07) is 6.04. The van der Waals surface area contributed by atoms with Crippen LogP contribution >= 0.6 is 11.8 Å². The van der Waals surface area contributed by atoms with Crippen LogP contribution in [0.5, 0.6) is 5.75 Å². The highest BCUT2D eigenvalue weighted by molar-refractivity contribution is 8.14. The van der Waals surface area contributed by atoms with Crippen LogP contribution in [0.1, 0.15) is 43.7 Å². The molecule has 0 aliphatic carbocycles. The molecule has 1 aliphatic heterocycles. The monoisotopic (exact) mass is 378 g/mol. The van der Waals surface area contributed by atoms with Crippen LogP contribution in [-0.2, 0) is 27.3 Å². The molecule has 0 unspecified atom stereocenters. The minimum absolute atomic E-state index is 0.0450. The van der Waals surface area contributed by atoms with Crippen molar-refractivity contribution in [2.45, 2.75) is 45.6 Å². The number of carbonyl (C=O) groups is 3. The molecular formula is C19H26N2O4S. The molecule has 0 aromatic heterocycles. The largest absolute Gasteiger partial charge is 0.493 e. The standard InChI is InChI=1S/C19H26N2O4S/c1-14(22)26-13-19(24)20-9-4-2-3-5-18(23)21-12-15-6-7-17-16(11-15)8-10-25-17/h6-7,11H,2-5,8-10,12-13H2,1H3,(H,20,24)(H,21,23). The van der Waals surface area contributed by atoms with E-state index in [9.17, 15) is 14.4 Å². The molecule has 0 saturated carbocycles. The zero-order valence-electron chi connectivity index (χ0n) is 15.1. The van der Waals surface area contributed by atoms with Crippen molar-refractivity contribution in [1.82, 2.24) is 10.6 Å². The lowest BCUT2D eigenvalue weighted by molar-refractivity contribution is -0.121. The maximum Gasteiger partial charge on any atom is 0.230 e. The molecule has 0 bridgehead atoms. The van der Waals surface area contributed by atoms with E-state index in [1.807, 2.05) is 12.1 Å². The molecule has 1 aromatic rings. The Hall–Kier alpha value is -2.02. The highest BCUT2D eigenvalue weighted by Gasteiger charge is 2.12. The van der Waals surface area contributed by atoms with Crippen molar-refractivity contribution in [2.75, 3.05) is 18.9 Å². The van der Waals surface area contributed by atoms with Gasteiger partial charge >= 0.3 is 0 Å². The van der Waals surface area contributed by atoms with E-state index < -0.39 is 0 Å². The molecule has 26 heavy (non-hydrogen) atoms. The SMILES string of the molecule is CC(=O)SCC(=O)NCCCCCC(=O)NCc1ccc2c(c1)CCO2. The number of nitrogens with one attached hydrogen (secondary N) is 2. The molecule has 7 heteroatoms. The van der Waals surface area contributed by atoms with E-state index in [0.717, 1.165) is 55.4 Å². The van der Waals surface area contributed by atoms with Gasteiger partial charge in [-0.3, -0.25) is 14.4 Å². The van der Waals surface area contributed by atoms with Gasteiger partial charge in [-0.1, -0.05) is 30.3 Å². The van der Waals surface area contributed by atoms with Crippen molar-refractivity contribution in [2.24, 2.45) is 0 Å². The van der Waals surface area contributed by atoms with Crippen molar-refractivity contribution >= 4 is 28.7 Å². The summed E-state index contributed by atoms with van der Waals surface area (Å²) < 4.78 is 5.47. The van der Waals surface area contributed by atoms with Gasteiger partial charge in [-0.25, -0.2) is 0 Å². The summed E-state index contributed by atoms with van der Waals surface area (Å²) in [5, 5.41) is 5.66. The first-order valence-electron chi connectivity index (χ1n) is 8.96. The lowest BCUT2D eigenvalue weighted by Crippen LogP contribution is -2.26. The number of hydrogen-bond acceptors (Lipinski definition) is 5. The first-order valence-corrected chi connectivity index (χ1v) is 9.94. The third kappa shape index (κ3) is 7.47. The number of benzene rings is 1. The molecule has 2 amide bonds. The summed E-state index contributed by atoms with van der Waals surface area (Å²) in [6.45, 7) is 3.30. The molecule has 1 aromatic carbocycles. The second-order valence-electron chi connectivity index (χ2n) is 6.26. The molecule has 0 radical (unpaired) electrons. The summed E-state index contributed by atoms with van der Waals surface area (Å²) in [4.78, 5) is 34.1. The molecule has 1 aliphatic rings. The number of hydrogen-bond donors (Lipinski definition) is 2. The number of ether oxygens (including phenoxy) is 1. The molecule has 2 rings (SSSR count). The quantitative estimate of drug-likeness (QED) is 0.610. The van der Waals surface area contributed by atoms with Crippen LogP contribution in [0, 0.1) is 0 Å². The zero-order chi connectivity index (χ0) is 18.8. The first kappa shape index (κ1) is 20.3. The molecule has 0 spiro atoms. The molecule has 0 fully saturated rings. The van der Waals surface area contributed by atoms with E-state index in [2.05, 4.69) is 16.7 Å². The molecule has 2 N–H and O–H groups in total. The third-order valence-electron chi connectivity index (χ3n) is 4.05. The fraction of sp³-hybridized carbons (Fsp3) is 0.526. The summed E-state index contributed by atoms with van der Waals surface area (Å²) in [5.74, 6) is 1.05. The number of fused-ring (bicyclic) bond motifs is 1. The van der Waals surface area contributed by atoms with Crippen LogP contribution in [0.25, 0.3) is 0 Å². The summed E-state index contributed by atoms with van der Waals surface area (Å²) >= 11 is 1.01. The normalized spacial score (nSPS) is 12.2. The number of rotatable bonds is 10. The van der Waals surface area contributed by atoms with Gasteiger partial charge in [0.1, 0.15) is 5.75 Å². The smallest absolute Gasteiger partial charge is 0.230 e. The summed E-state index contributed by atoms with van der Waals surface area (Å²) in [6.07, 6.45) is 3.92. The Morgan fingerprint density at radius 2 is 1.96 bits per heavy atom. The van der Waals surface area contributed by atoms with Crippen molar-refractivity contribution in [3.8, 4) is 5.75 Å². The second kappa shape index (κ2) is 10.9. The number of carbonyl (C=O) groups excluding carboxylic acids is 3. The van der Waals surface area contributed by atoms with Crippen LogP contribution in [-0.4, -0.2) is 35.8 Å². The fourth-order valence-electron chi connectivity index (χ4n) is 2.67. The van der Waals surface area contributed by atoms with Crippen LogP contribution < -0.4 is 15.4 Å².